The summed E-state index contributed by atoms with van der Waals surface area (Å²) in [5.41, 5.74) is 2.16. The minimum absolute atomic E-state index is 0.0743. The number of carbonyl (C=O) groups excluding carboxylic acids is 2. The largest absolute Gasteiger partial charge is 0.390 e. The van der Waals surface area contributed by atoms with Crippen molar-refractivity contribution < 1.29 is 14.7 Å². The number of aromatic amines is 1. The number of amides is 2. The summed E-state index contributed by atoms with van der Waals surface area (Å²) in [5.74, 6) is -0.0681. The van der Waals surface area contributed by atoms with Crippen molar-refractivity contribution in [3.63, 3.8) is 0 Å². The lowest BCUT2D eigenvalue weighted by Crippen LogP contribution is -2.34. The third-order valence-corrected chi connectivity index (χ3v) is 5.88. The zero-order chi connectivity index (χ0) is 22.9. The lowest BCUT2D eigenvalue weighted by atomic mass is 10.1. The number of imidazole rings is 1. The van der Waals surface area contributed by atoms with E-state index in [0.717, 1.165) is 18.4 Å². The van der Waals surface area contributed by atoms with Gasteiger partial charge in [-0.2, -0.15) is 0 Å². The van der Waals surface area contributed by atoms with E-state index >= 15 is 0 Å². The normalized spacial score (nSPS) is 12.0. The van der Waals surface area contributed by atoms with Gasteiger partial charge in [0.05, 0.1) is 12.4 Å². The molecule has 0 fully saturated rings. The molecule has 0 unspecified atom stereocenters. The van der Waals surface area contributed by atoms with Gasteiger partial charge in [0.1, 0.15) is 16.9 Å². The third kappa shape index (κ3) is 6.04. The number of nitrogens with zero attached hydrogens (tertiary/aromatic N) is 4. The van der Waals surface area contributed by atoms with Crippen molar-refractivity contribution in [1.82, 2.24) is 30.2 Å². The smallest absolute Gasteiger partial charge is 0.253 e. The Kier molecular flexibility index (Phi) is 8.57. The highest BCUT2D eigenvalue weighted by molar-refractivity contribution is 7.99. The molecule has 0 aliphatic rings. The number of benzene rings is 1. The van der Waals surface area contributed by atoms with Gasteiger partial charge < -0.3 is 20.3 Å². The van der Waals surface area contributed by atoms with Gasteiger partial charge in [-0.15, -0.1) is 11.8 Å². The molecule has 1 aromatic carbocycles. The van der Waals surface area contributed by atoms with Gasteiger partial charge in [0, 0.05) is 36.5 Å². The van der Waals surface area contributed by atoms with Crippen LogP contribution in [-0.2, 0) is 0 Å². The molecule has 1 atom stereocenters. The second-order valence-corrected chi connectivity index (χ2v) is 8.34. The molecule has 10 heteroatoms. The van der Waals surface area contributed by atoms with E-state index in [-0.39, 0.29) is 18.4 Å². The molecule has 3 N–H and O–H groups in total. The van der Waals surface area contributed by atoms with Crippen molar-refractivity contribution in [2.75, 3.05) is 25.4 Å². The van der Waals surface area contributed by atoms with Crippen LogP contribution in [0.1, 0.15) is 47.4 Å². The standard InChI is InChI=1S/C22H28N6O3S/c1-3-8-28(9-4-2)22(31)16-7-5-6-15(10-16)20(30)23-11-17(29)12-32-21-18-19(25-13-24-18)26-14-27-21/h5-7,10,13-14,17,29H,3-4,8-9,11-12H2,1-2H3,(H,23,30)(H,24,25,26,27)/t17-/m0/s1. The molecule has 3 rings (SSSR count). The van der Waals surface area contributed by atoms with Crippen LogP contribution < -0.4 is 5.32 Å². The lowest BCUT2D eigenvalue weighted by molar-refractivity contribution is 0.0755. The minimum Gasteiger partial charge on any atom is -0.390 e. The van der Waals surface area contributed by atoms with Crippen molar-refractivity contribution in [2.45, 2.75) is 37.8 Å². The number of carbonyl (C=O) groups is 2. The van der Waals surface area contributed by atoms with E-state index in [1.165, 1.54) is 18.1 Å². The maximum absolute atomic E-state index is 12.8. The van der Waals surface area contributed by atoms with Gasteiger partial charge in [0.2, 0.25) is 0 Å². The van der Waals surface area contributed by atoms with Crippen molar-refractivity contribution >= 4 is 34.7 Å². The van der Waals surface area contributed by atoms with Gasteiger partial charge in [-0.25, -0.2) is 15.0 Å². The first-order valence-corrected chi connectivity index (χ1v) is 11.6. The summed E-state index contributed by atoms with van der Waals surface area (Å²) in [6, 6.07) is 6.69. The number of rotatable bonds is 11. The van der Waals surface area contributed by atoms with E-state index in [1.54, 1.807) is 30.6 Å². The lowest BCUT2D eigenvalue weighted by Gasteiger charge is -2.21. The van der Waals surface area contributed by atoms with Gasteiger partial charge in [-0.1, -0.05) is 19.9 Å². The van der Waals surface area contributed by atoms with Crippen LogP contribution in [0.25, 0.3) is 11.2 Å². The topological polar surface area (TPSA) is 124 Å². The van der Waals surface area contributed by atoms with Crippen LogP contribution in [0, 0.1) is 0 Å². The highest BCUT2D eigenvalue weighted by Gasteiger charge is 2.17. The summed E-state index contributed by atoms with van der Waals surface area (Å²) >= 11 is 1.36. The van der Waals surface area contributed by atoms with Gasteiger partial charge in [-0.3, -0.25) is 9.59 Å². The van der Waals surface area contributed by atoms with E-state index in [4.69, 9.17) is 0 Å². The highest BCUT2D eigenvalue weighted by atomic mass is 32.2. The van der Waals surface area contributed by atoms with Gasteiger partial charge in [-0.05, 0) is 31.0 Å². The first-order chi connectivity index (χ1) is 15.5. The van der Waals surface area contributed by atoms with Crippen LogP contribution in [0.3, 0.4) is 0 Å². The molecule has 0 radical (unpaired) electrons. The number of aromatic nitrogens is 4. The van der Waals surface area contributed by atoms with Crippen molar-refractivity contribution in [2.24, 2.45) is 0 Å². The Labute approximate surface area is 191 Å². The minimum atomic E-state index is -0.772. The van der Waals surface area contributed by atoms with Crippen molar-refractivity contribution in [3.8, 4) is 0 Å². The predicted molar refractivity (Wildman–Crippen MR) is 124 cm³/mol. The molecule has 170 valence electrons. The van der Waals surface area contributed by atoms with Crippen LogP contribution in [0.15, 0.2) is 41.9 Å². The van der Waals surface area contributed by atoms with Crippen LogP contribution in [0.4, 0.5) is 0 Å². The van der Waals surface area contributed by atoms with Crippen LogP contribution >= 0.6 is 11.8 Å². The Morgan fingerprint density at radius 2 is 1.91 bits per heavy atom. The number of aliphatic hydroxyl groups is 1. The summed E-state index contributed by atoms with van der Waals surface area (Å²) in [6.07, 6.45) is 3.95. The molecule has 0 aliphatic heterocycles. The molecule has 0 saturated heterocycles. The van der Waals surface area contributed by atoms with Gasteiger partial charge in [0.25, 0.3) is 11.8 Å². The van der Waals surface area contributed by atoms with Crippen LogP contribution in [0.2, 0.25) is 0 Å². The predicted octanol–water partition coefficient (Wildman–Crippen LogP) is 2.50. The van der Waals surface area contributed by atoms with E-state index < -0.39 is 6.10 Å². The van der Waals surface area contributed by atoms with Gasteiger partial charge in [0.15, 0.2) is 5.65 Å². The van der Waals surface area contributed by atoms with E-state index in [9.17, 15) is 14.7 Å². The fourth-order valence-corrected chi connectivity index (χ4v) is 4.11. The zero-order valence-corrected chi connectivity index (χ0v) is 19.1. The average Bonchev–Trinajstić information content (AvgIpc) is 3.30. The number of hydrogen-bond acceptors (Lipinski definition) is 7. The zero-order valence-electron chi connectivity index (χ0n) is 18.2. The number of hydrogen-bond donors (Lipinski definition) is 3. The molecule has 32 heavy (non-hydrogen) atoms. The Balaban J connectivity index is 1.54. The third-order valence-electron chi connectivity index (χ3n) is 4.74. The molecule has 2 amide bonds. The average molecular weight is 457 g/mol. The molecule has 0 bridgehead atoms. The first-order valence-electron chi connectivity index (χ1n) is 10.7. The maximum atomic E-state index is 12.8. The van der Waals surface area contributed by atoms with E-state index in [1.807, 2.05) is 18.7 Å². The fourth-order valence-electron chi connectivity index (χ4n) is 3.23. The molecular weight excluding hydrogens is 428 g/mol. The molecule has 3 aromatic rings. The summed E-state index contributed by atoms with van der Waals surface area (Å²) in [5, 5.41) is 13.7. The van der Waals surface area contributed by atoms with Crippen molar-refractivity contribution in [3.05, 3.63) is 48.0 Å². The quantitative estimate of drug-likeness (QED) is 0.299. The molecule has 0 aliphatic carbocycles. The van der Waals surface area contributed by atoms with E-state index in [2.05, 4.69) is 25.3 Å². The first kappa shape index (κ1) is 23.7. The number of thioether (sulfide) groups is 1. The monoisotopic (exact) mass is 456 g/mol. The second kappa shape index (κ2) is 11.6. The Bertz CT molecular complexity index is 1050. The maximum Gasteiger partial charge on any atom is 0.253 e. The SMILES string of the molecule is CCCN(CCC)C(=O)c1cccc(C(=O)NC[C@H](O)CSc2ncnc3nc[nH]c23)c1. The summed E-state index contributed by atoms with van der Waals surface area (Å²) < 4.78 is 0. The summed E-state index contributed by atoms with van der Waals surface area (Å²) in [7, 11) is 0. The molecule has 2 aromatic heterocycles. The Hall–Kier alpha value is -2.98. The van der Waals surface area contributed by atoms with Crippen LogP contribution in [0.5, 0.6) is 0 Å². The fraction of sp³-hybridized carbons (Fsp3) is 0.409. The number of nitrogens with one attached hydrogen (secondary N) is 2. The number of H-pyrrole nitrogens is 1. The van der Waals surface area contributed by atoms with Crippen molar-refractivity contribution in [1.29, 1.82) is 0 Å². The Morgan fingerprint density at radius 1 is 1.16 bits per heavy atom. The van der Waals surface area contributed by atoms with Gasteiger partial charge >= 0.3 is 0 Å². The second-order valence-electron chi connectivity index (χ2n) is 7.33. The molecule has 2 heterocycles. The van der Waals surface area contributed by atoms with Crippen LogP contribution in [-0.4, -0.2) is 73.2 Å². The molecular formula is C22H28N6O3S. The number of aliphatic hydroxyl groups excluding tert-OH is 1. The van der Waals surface area contributed by atoms with E-state index in [0.29, 0.717) is 40.6 Å². The molecule has 0 saturated carbocycles. The Morgan fingerprint density at radius 3 is 2.66 bits per heavy atom. The molecule has 0 spiro atoms. The molecule has 9 nitrogen and oxygen atoms in total. The number of fused-ring (bicyclic) bond motifs is 1. The highest BCUT2D eigenvalue weighted by Crippen LogP contribution is 2.22. The summed E-state index contributed by atoms with van der Waals surface area (Å²) in [6.45, 7) is 5.52. The summed E-state index contributed by atoms with van der Waals surface area (Å²) in [4.78, 5) is 42.5.